The van der Waals surface area contributed by atoms with Gasteiger partial charge in [-0.2, -0.15) is 0 Å². The van der Waals surface area contributed by atoms with Crippen molar-refractivity contribution in [2.75, 3.05) is 11.9 Å². The van der Waals surface area contributed by atoms with Gasteiger partial charge < -0.3 is 16.0 Å². The number of hydrogen-bond donors (Lipinski definition) is 4. The first-order chi connectivity index (χ1) is 12.6. The maximum Gasteiger partial charge on any atom is 0.229 e. The molecule has 8 heteroatoms. The SMILES string of the molecule is O=C1NC(Nc2ccc(Cl)cc2Cl)NC2NCCC(c3cccnc3)C12. The molecule has 26 heavy (non-hydrogen) atoms. The maximum absolute atomic E-state index is 12.8. The molecule has 0 bridgehead atoms. The molecule has 2 aliphatic rings. The summed E-state index contributed by atoms with van der Waals surface area (Å²) in [7, 11) is 0. The first-order valence-electron chi connectivity index (χ1n) is 8.53. The summed E-state index contributed by atoms with van der Waals surface area (Å²) in [6, 6.07) is 9.15. The van der Waals surface area contributed by atoms with Crippen molar-refractivity contribution in [3.63, 3.8) is 0 Å². The molecule has 1 aromatic carbocycles. The summed E-state index contributed by atoms with van der Waals surface area (Å²) in [6.45, 7) is 0.829. The number of pyridine rings is 1. The Hall–Kier alpha value is -1.86. The second-order valence-electron chi connectivity index (χ2n) is 6.52. The Balaban J connectivity index is 1.51. The zero-order valence-corrected chi connectivity index (χ0v) is 15.4. The number of carbonyl (C=O) groups is 1. The third-order valence-corrected chi connectivity index (χ3v) is 5.44. The van der Waals surface area contributed by atoms with Crippen LogP contribution >= 0.6 is 23.2 Å². The normalized spacial score (nSPS) is 28.2. The molecule has 0 aliphatic carbocycles. The summed E-state index contributed by atoms with van der Waals surface area (Å²) in [5.74, 6) is -0.0772. The number of piperidine rings is 1. The molecular weight excluding hydrogens is 373 g/mol. The highest BCUT2D eigenvalue weighted by atomic mass is 35.5. The zero-order valence-electron chi connectivity index (χ0n) is 13.9. The van der Waals surface area contributed by atoms with E-state index in [-0.39, 0.29) is 23.9 Å². The molecule has 1 aromatic heterocycles. The molecule has 0 spiro atoms. The Morgan fingerprint density at radius 3 is 2.88 bits per heavy atom. The summed E-state index contributed by atoms with van der Waals surface area (Å²) >= 11 is 12.2. The molecule has 4 rings (SSSR count). The molecule has 6 nitrogen and oxygen atoms in total. The fraction of sp³-hybridized carbons (Fsp3) is 0.333. The molecule has 0 saturated carbocycles. The van der Waals surface area contributed by atoms with Gasteiger partial charge in [-0.25, -0.2) is 0 Å². The quantitative estimate of drug-likeness (QED) is 0.646. The van der Waals surface area contributed by atoms with E-state index in [9.17, 15) is 4.79 Å². The summed E-state index contributed by atoms with van der Waals surface area (Å²) in [5.41, 5.74) is 1.79. The van der Waals surface area contributed by atoms with Crippen molar-refractivity contribution in [3.8, 4) is 0 Å². The van der Waals surface area contributed by atoms with Crippen LogP contribution in [0.5, 0.6) is 0 Å². The Morgan fingerprint density at radius 2 is 2.12 bits per heavy atom. The van der Waals surface area contributed by atoms with Gasteiger partial charge in [-0.05, 0) is 42.8 Å². The van der Waals surface area contributed by atoms with E-state index in [0.29, 0.717) is 15.7 Å². The third-order valence-electron chi connectivity index (χ3n) is 4.89. The largest absolute Gasteiger partial charge is 0.352 e. The van der Waals surface area contributed by atoms with Crippen molar-refractivity contribution in [2.24, 2.45) is 5.92 Å². The molecule has 2 aromatic rings. The van der Waals surface area contributed by atoms with Gasteiger partial charge in [0.05, 0.1) is 22.8 Å². The predicted octanol–water partition coefficient (Wildman–Crippen LogP) is 2.52. The van der Waals surface area contributed by atoms with Crippen LogP contribution in [0, 0.1) is 5.92 Å². The van der Waals surface area contributed by atoms with Crippen molar-refractivity contribution < 1.29 is 4.79 Å². The average Bonchev–Trinajstić information content (AvgIpc) is 2.64. The van der Waals surface area contributed by atoms with E-state index >= 15 is 0 Å². The van der Waals surface area contributed by atoms with E-state index < -0.39 is 6.29 Å². The first-order valence-corrected chi connectivity index (χ1v) is 9.29. The van der Waals surface area contributed by atoms with Crippen LogP contribution in [0.1, 0.15) is 17.9 Å². The van der Waals surface area contributed by atoms with Gasteiger partial charge in [-0.3, -0.25) is 15.1 Å². The zero-order chi connectivity index (χ0) is 18.1. The van der Waals surface area contributed by atoms with Gasteiger partial charge in [-0.1, -0.05) is 29.3 Å². The number of hydrogen-bond acceptors (Lipinski definition) is 5. The lowest BCUT2D eigenvalue weighted by molar-refractivity contribution is -0.131. The lowest BCUT2D eigenvalue weighted by Gasteiger charge is -2.44. The Morgan fingerprint density at radius 1 is 1.23 bits per heavy atom. The van der Waals surface area contributed by atoms with Gasteiger partial charge in [0, 0.05) is 23.3 Å². The van der Waals surface area contributed by atoms with Crippen LogP contribution in [-0.4, -0.2) is 29.9 Å². The number of nitrogens with one attached hydrogen (secondary N) is 4. The lowest BCUT2D eigenvalue weighted by atomic mass is 9.78. The number of nitrogens with zero attached hydrogens (tertiary/aromatic N) is 1. The smallest absolute Gasteiger partial charge is 0.229 e. The van der Waals surface area contributed by atoms with E-state index in [1.807, 2.05) is 18.3 Å². The Bertz CT molecular complexity index is 803. The highest BCUT2D eigenvalue weighted by Crippen LogP contribution is 2.34. The number of amides is 1. The number of carbonyl (C=O) groups excluding carboxylic acids is 1. The van der Waals surface area contributed by atoms with E-state index in [1.165, 1.54) is 0 Å². The van der Waals surface area contributed by atoms with E-state index in [1.54, 1.807) is 24.4 Å². The van der Waals surface area contributed by atoms with Gasteiger partial charge in [0.1, 0.15) is 0 Å². The number of rotatable bonds is 3. The van der Waals surface area contributed by atoms with E-state index in [4.69, 9.17) is 23.2 Å². The molecule has 2 aliphatic heterocycles. The van der Waals surface area contributed by atoms with Crippen LogP contribution in [0.3, 0.4) is 0 Å². The van der Waals surface area contributed by atoms with Crippen LogP contribution < -0.4 is 21.3 Å². The molecule has 4 N–H and O–H groups in total. The van der Waals surface area contributed by atoms with E-state index in [2.05, 4.69) is 26.3 Å². The summed E-state index contributed by atoms with van der Waals surface area (Å²) in [5, 5.41) is 14.1. The number of benzene rings is 1. The molecule has 4 unspecified atom stereocenters. The standard InChI is InChI=1S/C18H19Cl2N5O/c19-11-3-4-14(13(20)8-11)23-18-24-16-15(17(26)25-18)12(5-7-22-16)10-2-1-6-21-9-10/h1-4,6,8-9,12,15-16,18,22-24H,5,7H2,(H,25,26). The van der Waals surface area contributed by atoms with Crippen LogP contribution in [-0.2, 0) is 4.79 Å². The van der Waals surface area contributed by atoms with Crippen molar-refractivity contribution in [1.29, 1.82) is 0 Å². The van der Waals surface area contributed by atoms with Crippen LogP contribution in [0.2, 0.25) is 10.0 Å². The second kappa shape index (κ2) is 7.40. The fourth-order valence-corrected chi connectivity index (χ4v) is 4.16. The van der Waals surface area contributed by atoms with Crippen molar-refractivity contribution in [2.45, 2.75) is 24.8 Å². The summed E-state index contributed by atoms with van der Waals surface area (Å²) < 4.78 is 0. The van der Waals surface area contributed by atoms with Crippen molar-refractivity contribution in [1.82, 2.24) is 20.9 Å². The first kappa shape index (κ1) is 17.5. The minimum Gasteiger partial charge on any atom is -0.352 e. The number of anilines is 1. The fourth-order valence-electron chi connectivity index (χ4n) is 3.70. The van der Waals surface area contributed by atoms with Gasteiger partial charge in [0.15, 0.2) is 6.29 Å². The second-order valence-corrected chi connectivity index (χ2v) is 7.36. The van der Waals surface area contributed by atoms with Gasteiger partial charge >= 0.3 is 0 Å². The Labute approximate surface area is 161 Å². The molecular formula is C18H19Cl2N5O. The molecule has 2 fully saturated rings. The third kappa shape index (κ3) is 3.50. The topological polar surface area (TPSA) is 78.1 Å². The minimum absolute atomic E-state index is 0.00242. The molecule has 4 atom stereocenters. The predicted molar refractivity (Wildman–Crippen MR) is 102 cm³/mol. The van der Waals surface area contributed by atoms with Gasteiger partial charge in [0.25, 0.3) is 0 Å². The van der Waals surface area contributed by atoms with Crippen LogP contribution in [0.15, 0.2) is 42.7 Å². The monoisotopic (exact) mass is 391 g/mol. The maximum atomic E-state index is 12.8. The molecule has 1 amide bonds. The van der Waals surface area contributed by atoms with Crippen LogP contribution in [0.4, 0.5) is 5.69 Å². The molecule has 136 valence electrons. The molecule has 3 heterocycles. The van der Waals surface area contributed by atoms with Gasteiger partial charge in [0.2, 0.25) is 5.91 Å². The minimum atomic E-state index is -0.428. The van der Waals surface area contributed by atoms with Gasteiger partial charge in [-0.15, -0.1) is 0 Å². The van der Waals surface area contributed by atoms with E-state index in [0.717, 1.165) is 18.5 Å². The van der Waals surface area contributed by atoms with Crippen molar-refractivity contribution >= 4 is 34.8 Å². The summed E-state index contributed by atoms with van der Waals surface area (Å²) in [6.07, 6.45) is 3.92. The lowest BCUT2D eigenvalue weighted by Crippen LogP contribution is -2.70. The summed E-state index contributed by atoms with van der Waals surface area (Å²) in [4.78, 5) is 17.0. The van der Waals surface area contributed by atoms with Crippen LogP contribution in [0.25, 0.3) is 0 Å². The van der Waals surface area contributed by atoms with Crippen molar-refractivity contribution in [3.05, 3.63) is 58.3 Å². The Kier molecular flexibility index (Phi) is 5.00. The highest BCUT2D eigenvalue weighted by Gasteiger charge is 2.43. The number of aromatic nitrogens is 1. The number of halogens is 2. The average molecular weight is 392 g/mol. The highest BCUT2D eigenvalue weighted by molar-refractivity contribution is 6.36. The molecule has 0 radical (unpaired) electrons. The number of fused-ring (bicyclic) bond motifs is 1. The molecule has 2 saturated heterocycles.